The third-order valence-electron chi connectivity index (χ3n) is 3.10. The summed E-state index contributed by atoms with van der Waals surface area (Å²) in [6, 6.07) is 9.46. The minimum atomic E-state index is -1.11. The van der Waals surface area contributed by atoms with E-state index < -0.39 is 17.8 Å². The van der Waals surface area contributed by atoms with E-state index in [1.807, 2.05) is 30.3 Å². The quantitative estimate of drug-likeness (QED) is 0.813. The molecule has 4 nitrogen and oxygen atoms in total. The van der Waals surface area contributed by atoms with Gasteiger partial charge in [-0.25, -0.2) is 0 Å². The summed E-state index contributed by atoms with van der Waals surface area (Å²) in [6.07, 6.45) is 0.745. The predicted octanol–water partition coefficient (Wildman–Crippen LogP) is 3.00. The van der Waals surface area contributed by atoms with Gasteiger partial charge < -0.3 is 10.4 Å². The van der Waals surface area contributed by atoms with Crippen molar-refractivity contribution in [2.45, 2.75) is 40.2 Å². The fourth-order valence-electron chi connectivity index (χ4n) is 1.96. The van der Waals surface area contributed by atoms with E-state index in [2.05, 4.69) is 26.1 Å². The maximum atomic E-state index is 12.0. The molecule has 0 radical (unpaired) electrons. The van der Waals surface area contributed by atoms with Crippen LogP contribution in [0, 0.1) is 11.3 Å². The number of amides is 1. The third-order valence-corrected chi connectivity index (χ3v) is 3.10. The van der Waals surface area contributed by atoms with E-state index in [4.69, 9.17) is 5.11 Å². The summed E-state index contributed by atoms with van der Waals surface area (Å²) in [5.41, 5.74) is 1.02. The van der Waals surface area contributed by atoms with Gasteiger partial charge in [-0.3, -0.25) is 9.59 Å². The zero-order valence-electron chi connectivity index (χ0n) is 12.5. The molecule has 0 saturated heterocycles. The normalized spacial score (nSPS) is 14.4. The molecule has 110 valence electrons. The Kier molecular flexibility index (Phi) is 5.31. The standard InChI is InChI=1S/C16H23NO3/c1-11(15(19)20)14(18)17-13(10-16(2,3)4)12-8-6-5-7-9-12/h5-9,11,13H,10H2,1-4H3,(H,17,18)(H,19,20). The first-order valence-electron chi connectivity index (χ1n) is 6.79. The van der Waals surface area contributed by atoms with Crippen LogP contribution in [0.1, 0.15) is 45.7 Å². The topological polar surface area (TPSA) is 66.4 Å². The lowest BCUT2D eigenvalue weighted by molar-refractivity contribution is -0.146. The molecule has 1 aromatic rings. The summed E-state index contributed by atoms with van der Waals surface area (Å²) >= 11 is 0. The average Bonchev–Trinajstić information content (AvgIpc) is 2.36. The molecule has 1 rings (SSSR count). The number of hydrogen-bond acceptors (Lipinski definition) is 2. The van der Waals surface area contributed by atoms with E-state index in [-0.39, 0.29) is 11.5 Å². The van der Waals surface area contributed by atoms with E-state index in [0.29, 0.717) is 0 Å². The number of carboxylic acids is 1. The summed E-state index contributed by atoms with van der Waals surface area (Å²) < 4.78 is 0. The molecule has 0 heterocycles. The van der Waals surface area contributed by atoms with Crippen LogP contribution in [0.5, 0.6) is 0 Å². The number of aliphatic carboxylic acids is 1. The smallest absolute Gasteiger partial charge is 0.315 e. The molecular formula is C16H23NO3. The van der Waals surface area contributed by atoms with E-state index in [0.717, 1.165) is 12.0 Å². The molecule has 2 unspecified atom stereocenters. The molecule has 0 bridgehead atoms. The van der Waals surface area contributed by atoms with Gasteiger partial charge in [0.1, 0.15) is 5.92 Å². The number of rotatable bonds is 5. The monoisotopic (exact) mass is 277 g/mol. The molecule has 2 atom stereocenters. The van der Waals surface area contributed by atoms with Crippen molar-refractivity contribution in [2.24, 2.45) is 11.3 Å². The minimum absolute atomic E-state index is 0.0280. The van der Waals surface area contributed by atoms with Crippen LogP contribution in [0.3, 0.4) is 0 Å². The Hall–Kier alpha value is -1.84. The lowest BCUT2D eigenvalue weighted by Crippen LogP contribution is -2.37. The van der Waals surface area contributed by atoms with Crippen LogP contribution in [0.2, 0.25) is 0 Å². The highest BCUT2D eigenvalue weighted by molar-refractivity contribution is 5.96. The van der Waals surface area contributed by atoms with Gasteiger partial charge in [0.25, 0.3) is 0 Å². The van der Waals surface area contributed by atoms with Crippen molar-refractivity contribution in [2.75, 3.05) is 0 Å². The Balaban J connectivity index is 2.89. The van der Waals surface area contributed by atoms with Crippen molar-refractivity contribution < 1.29 is 14.7 Å². The fraction of sp³-hybridized carbons (Fsp3) is 0.500. The Bertz CT molecular complexity index is 462. The first kappa shape index (κ1) is 16.2. The molecule has 1 amide bonds. The maximum absolute atomic E-state index is 12.0. The van der Waals surface area contributed by atoms with Gasteiger partial charge in [-0.15, -0.1) is 0 Å². The second-order valence-corrected chi connectivity index (χ2v) is 6.30. The highest BCUT2D eigenvalue weighted by atomic mass is 16.4. The van der Waals surface area contributed by atoms with Crippen molar-refractivity contribution in [1.82, 2.24) is 5.32 Å². The second-order valence-electron chi connectivity index (χ2n) is 6.30. The summed E-state index contributed by atoms with van der Waals surface area (Å²) in [5.74, 6) is -2.60. The Morgan fingerprint density at radius 3 is 2.20 bits per heavy atom. The van der Waals surface area contributed by atoms with Gasteiger partial charge >= 0.3 is 5.97 Å². The molecule has 0 spiro atoms. The third kappa shape index (κ3) is 5.03. The van der Waals surface area contributed by atoms with Crippen molar-refractivity contribution in [3.05, 3.63) is 35.9 Å². The zero-order valence-corrected chi connectivity index (χ0v) is 12.5. The number of hydrogen-bond donors (Lipinski definition) is 2. The number of benzene rings is 1. The first-order valence-corrected chi connectivity index (χ1v) is 6.79. The predicted molar refractivity (Wildman–Crippen MR) is 78.2 cm³/mol. The Morgan fingerprint density at radius 1 is 1.20 bits per heavy atom. The Labute approximate surface area is 120 Å². The lowest BCUT2D eigenvalue weighted by atomic mass is 9.85. The number of carbonyl (C=O) groups is 2. The van der Waals surface area contributed by atoms with Gasteiger partial charge in [0.2, 0.25) is 5.91 Å². The lowest BCUT2D eigenvalue weighted by Gasteiger charge is -2.27. The number of nitrogens with one attached hydrogen (secondary N) is 1. The SMILES string of the molecule is CC(C(=O)O)C(=O)NC(CC(C)(C)C)c1ccccc1. The van der Waals surface area contributed by atoms with Crippen LogP contribution < -0.4 is 5.32 Å². The molecule has 0 aromatic heterocycles. The van der Waals surface area contributed by atoms with Gasteiger partial charge in [0, 0.05) is 0 Å². The molecule has 20 heavy (non-hydrogen) atoms. The summed E-state index contributed by atoms with van der Waals surface area (Å²) in [5, 5.41) is 11.8. The summed E-state index contributed by atoms with van der Waals surface area (Å²) in [6.45, 7) is 7.68. The Morgan fingerprint density at radius 2 is 1.75 bits per heavy atom. The molecule has 0 aliphatic carbocycles. The van der Waals surface area contributed by atoms with Gasteiger partial charge in [-0.05, 0) is 24.3 Å². The minimum Gasteiger partial charge on any atom is -0.481 e. The van der Waals surface area contributed by atoms with Crippen LogP contribution in [-0.2, 0) is 9.59 Å². The van der Waals surface area contributed by atoms with E-state index >= 15 is 0 Å². The number of carbonyl (C=O) groups excluding carboxylic acids is 1. The second kappa shape index (κ2) is 6.55. The van der Waals surface area contributed by atoms with Crippen molar-refractivity contribution >= 4 is 11.9 Å². The van der Waals surface area contributed by atoms with Crippen LogP contribution in [0.4, 0.5) is 0 Å². The first-order chi connectivity index (χ1) is 9.20. The highest BCUT2D eigenvalue weighted by Crippen LogP contribution is 2.29. The number of carboxylic acid groups (broad SMARTS) is 1. The van der Waals surface area contributed by atoms with Gasteiger partial charge in [0.05, 0.1) is 6.04 Å². The highest BCUT2D eigenvalue weighted by Gasteiger charge is 2.26. The van der Waals surface area contributed by atoms with Crippen molar-refractivity contribution in [3.63, 3.8) is 0 Å². The van der Waals surface area contributed by atoms with Gasteiger partial charge in [-0.1, -0.05) is 51.1 Å². The largest absolute Gasteiger partial charge is 0.481 e. The van der Waals surface area contributed by atoms with Crippen LogP contribution in [-0.4, -0.2) is 17.0 Å². The maximum Gasteiger partial charge on any atom is 0.315 e. The van der Waals surface area contributed by atoms with Crippen molar-refractivity contribution in [1.29, 1.82) is 0 Å². The molecule has 4 heteroatoms. The van der Waals surface area contributed by atoms with Gasteiger partial charge in [-0.2, -0.15) is 0 Å². The van der Waals surface area contributed by atoms with E-state index in [1.165, 1.54) is 6.92 Å². The molecule has 0 aliphatic heterocycles. The molecule has 0 aliphatic rings. The van der Waals surface area contributed by atoms with E-state index in [1.54, 1.807) is 0 Å². The van der Waals surface area contributed by atoms with Gasteiger partial charge in [0.15, 0.2) is 0 Å². The average molecular weight is 277 g/mol. The van der Waals surface area contributed by atoms with Crippen LogP contribution in [0.15, 0.2) is 30.3 Å². The molecule has 0 saturated carbocycles. The fourth-order valence-corrected chi connectivity index (χ4v) is 1.96. The van der Waals surface area contributed by atoms with Crippen LogP contribution >= 0.6 is 0 Å². The molecular weight excluding hydrogens is 254 g/mol. The molecule has 1 aromatic carbocycles. The zero-order chi connectivity index (χ0) is 15.3. The molecule has 0 fully saturated rings. The summed E-state index contributed by atoms with van der Waals surface area (Å²) in [4.78, 5) is 22.8. The molecule has 2 N–H and O–H groups in total. The summed E-state index contributed by atoms with van der Waals surface area (Å²) in [7, 11) is 0. The van der Waals surface area contributed by atoms with Crippen molar-refractivity contribution in [3.8, 4) is 0 Å². The van der Waals surface area contributed by atoms with E-state index in [9.17, 15) is 9.59 Å². The van der Waals surface area contributed by atoms with Crippen LogP contribution in [0.25, 0.3) is 0 Å².